The molecule has 4 heteroatoms. The van der Waals surface area contributed by atoms with E-state index >= 15 is 0 Å². The second-order valence-corrected chi connectivity index (χ2v) is 5.03. The summed E-state index contributed by atoms with van der Waals surface area (Å²) in [5, 5.41) is 0.0904. The van der Waals surface area contributed by atoms with Gasteiger partial charge < -0.3 is 4.90 Å². The highest BCUT2D eigenvalue weighted by molar-refractivity contribution is 6.20. The number of anilines is 1. The van der Waals surface area contributed by atoms with Crippen LogP contribution in [0.15, 0.2) is 24.3 Å². The number of aromatic nitrogens is 2. The second-order valence-electron chi connectivity index (χ2n) is 4.28. The number of halogens is 1. The van der Waals surface area contributed by atoms with E-state index in [1.54, 1.807) is 0 Å². The summed E-state index contributed by atoms with van der Waals surface area (Å²) in [4.78, 5) is 11.2. The lowest BCUT2D eigenvalue weighted by Crippen LogP contribution is -2.26. The molecule has 0 radical (unpaired) electrons. The predicted octanol–water partition coefficient (Wildman–Crippen LogP) is 3.00. The van der Waals surface area contributed by atoms with Crippen LogP contribution < -0.4 is 4.90 Å². The van der Waals surface area contributed by atoms with Crippen molar-refractivity contribution in [3.8, 4) is 0 Å². The van der Waals surface area contributed by atoms with Crippen LogP contribution in [0.2, 0.25) is 0 Å². The minimum atomic E-state index is 0.0904. The summed E-state index contributed by atoms with van der Waals surface area (Å²) >= 11 is 6.00. The summed E-state index contributed by atoms with van der Waals surface area (Å²) in [6, 6.07) is 7.90. The van der Waals surface area contributed by atoms with Gasteiger partial charge in [-0.2, -0.15) is 0 Å². The molecule has 17 heavy (non-hydrogen) atoms. The molecule has 1 atom stereocenters. The van der Waals surface area contributed by atoms with Gasteiger partial charge in [-0.05, 0) is 26.0 Å². The van der Waals surface area contributed by atoms with Crippen molar-refractivity contribution in [2.75, 3.05) is 18.5 Å². The molecule has 2 rings (SSSR count). The molecule has 1 heterocycles. The number of nitrogens with zero attached hydrogens (tertiary/aromatic N) is 3. The molecule has 2 aromatic rings. The molecule has 0 aliphatic rings. The molecule has 1 aromatic heterocycles. The Morgan fingerprint density at radius 2 is 1.82 bits per heavy atom. The van der Waals surface area contributed by atoms with E-state index in [1.807, 2.05) is 50.1 Å². The normalized spacial score (nSPS) is 12.7. The van der Waals surface area contributed by atoms with Crippen LogP contribution in [0.4, 0.5) is 5.82 Å². The monoisotopic (exact) mass is 249 g/mol. The molecule has 0 spiro atoms. The zero-order valence-corrected chi connectivity index (χ0v) is 11.1. The Morgan fingerprint density at radius 3 is 2.41 bits per heavy atom. The molecule has 90 valence electrons. The van der Waals surface area contributed by atoms with Crippen LogP contribution in [0.25, 0.3) is 11.0 Å². The Hall–Kier alpha value is -1.35. The molecular weight excluding hydrogens is 234 g/mol. The first kappa shape index (κ1) is 12.1. The van der Waals surface area contributed by atoms with Crippen molar-refractivity contribution in [1.82, 2.24) is 9.97 Å². The summed E-state index contributed by atoms with van der Waals surface area (Å²) in [5.41, 5.74) is 2.78. The quantitative estimate of drug-likeness (QED) is 0.783. The minimum Gasteiger partial charge on any atom is -0.357 e. The van der Waals surface area contributed by atoms with Gasteiger partial charge in [0.25, 0.3) is 0 Å². The standard InChI is InChI=1S/C13H16ClN3/c1-9(14)8-17(3)13-10(2)15-11-6-4-5-7-12(11)16-13/h4-7,9H,8H2,1-3H3. The third kappa shape index (κ3) is 2.67. The third-order valence-electron chi connectivity index (χ3n) is 2.61. The molecule has 0 aliphatic carbocycles. The van der Waals surface area contributed by atoms with E-state index in [4.69, 9.17) is 11.6 Å². The van der Waals surface area contributed by atoms with Crippen molar-refractivity contribution in [2.24, 2.45) is 0 Å². The maximum Gasteiger partial charge on any atom is 0.150 e. The summed E-state index contributed by atoms with van der Waals surface area (Å²) in [5.74, 6) is 0.899. The highest BCUT2D eigenvalue weighted by atomic mass is 35.5. The third-order valence-corrected chi connectivity index (χ3v) is 2.74. The lowest BCUT2D eigenvalue weighted by molar-refractivity contribution is 0.838. The summed E-state index contributed by atoms with van der Waals surface area (Å²) in [7, 11) is 1.99. The number of hydrogen-bond donors (Lipinski definition) is 0. The molecule has 1 unspecified atom stereocenters. The molecule has 0 bridgehead atoms. The Kier molecular flexibility index (Phi) is 3.48. The number of alkyl halides is 1. The zero-order valence-electron chi connectivity index (χ0n) is 10.3. The van der Waals surface area contributed by atoms with Crippen LogP contribution in [-0.4, -0.2) is 28.9 Å². The molecule has 0 saturated heterocycles. The molecule has 0 amide bonds. The summed E-state index contributed by atoms with van der Waals surface area (Å²) in [6.07, 6.45) is 0. The Balaban J connectivity index is 2.43. The first-order chi connectivity index (χ1) is 8.08. The second kappa shape index (κ2) is 4.88. The Labute approximate surface area is 106 Å². The molecule has 0 N–H and O–H groups in total. The van der Waals surface area contributed by atoms with Crippen LogP contribution in [0.1, 0.15) is 12.6 Å². The summed E-state index contributed by atoms with van der Waals surface area (Å²) < 4.78 is 0. The van der Waals surface area contributed by atoms with E-state index in [2.05, 4.69) is 9.97 Å². The average molecular weight is 250 g/mol. The van der Waals surface area contributed by atoms with Crippen molar-refractivity contribution in [2.45, 2.75) is 19.2 Å². The van der Waals surface area contributed by atoms with Gasteiger partial charge in [0, 0.05) is 19.0 Å². The van der Waals surface area contributed by atoms with Crippen LogP contribution in [0.3, 0.4) is 0 Å². The first-order valence-electron chi connectivity index (χ1n) is 5.66. The van der Waals surface area contributed by atoms with Gasteiger partial charge >= 0.3 is 0 Å². The van der Waals surface area contributed by atoms with Crippen molar-refractivity contribution >= 4 is 28.5 Å². The van der Waals surface area contributed by atoms with Crippen LogP contribution >= 0.6 is 11.6 Å². The Morgan fingerprint density at radius 1 is 1.24 bits per heavy atom. The largest absolute Gasteiger partial charge is 0.357 e. The van der Waals surface area contributed by atoms with Gasteiger partial charge in [0.15, 0.2) is 5.82 Å². The van der Waals surface area contributed by atoms with Crippen molar-refractivity contribution in [1.29, 1.82) is 0 Å². The highest BCUT2D eigenvalue weighted by Crippen LogP contribution is 2.19. The summed E-state index contributed by atoms with van der Waals surface area (Å²) in [6.45, 7) is 4.71. The topological polar surface area (TPSA) is 29.0 Å². The van der Waals surface area contributed by atoms with E-state index in [1.165, 1.54) is 0 Å². The SMILES string of the molecule is Cc1nc2ccccc2nc1N(C)CC(C)Cl. The van der Waals surface area contributed by atoms with E-state index in [9.17, 15) is 0 Å². The smallest absolute Gasteiger partial charge is 0.150 e. The first-order valence-corrected chi connectivity index (χ1v) is 6.10. The lowest BCUT2D eigenvalue weighted by atomic mass is 10.3. The number of rotatable bonds is 3. The molecule has 0 fully saturated rings. The van der Waals surface area contributed by atoms with Crippen LogP contribution in [0.5, 0.6) is 0 Å². The fourth-order valence-corrected chi connectivity index (χ4v) is 2.11. The average Bonchev–Trinajstić information content (AvgIpc) is 2.27. The predicted molar refractivity (Wildman–Crippen MR) is 72.9 cm³/mol. The molecule has 1 aromatic carbocycles. The van der Waals surface area contributed by atoms with Gasteiger partial charge in [-0.15, -0.1) is 11.6 Å². The maximum absolute atomic E-state index is 6.00. The van der Waals surface area contributed by atoms with Crippen LogP contribution in [-0.2, 0) is 0 Å². The van der Waals surface area contributed by atoms with E-state index in [0.717, 1.165) is 29.1 Å². The fraction of sp³-hybridized carbons (Fsp3) is 0.385. The maximum atomic E-state index is 6.00. The van der Waals surface area contributed by atoms with E-state index < -0.39 is 0 Å². The van der Waals surface area contributed by atoms with Gasteiger partial charge in [-0.25, -0.2) is 9.97 Å². The molecule has 0 saturated carbocycles. The number of hydrogen-bond acceptors (Lipinski definition) is 3. The van der Waals surface area contributed by atoms with E-state index in [0.29, 0.717) is 0 Å². The van der Waals surface area contributed by atoms with Gasteiger partial charge in [0.2, 0.25) is 0 Å². The highest BCUT2D eigenvalue weighted by Gasteiger charge is 2.11. The number of para-hydroxylation sites is 2. The van der Waals surface area contributed by atoms with Gasteiger partial charge in [-0.1, -0.05) is 12.1 Å². The van der Waals surface area contributed by atoms with E-state index in [-0.39, 0.29) is 5.38 Å². The Bertz CT molecular complexity index is 525. The lowest BCUT2D eigenvalue weighted by Gasteiger charge is -2.21. The number of aryl methyl sites for hydroxylation is 1. The van der Waals surface area contributed by atoms with Crippen molar-refractivity contribution in [3.63, 3.8) is 0 Å². The number of benzene rings is 1. The van der Waals surface area contributed by atoms with Crippen molar-refractivity contribution < 1.29 is 0 Å². The zero-order chi connectivity index (χ0) is 12.4. The van der Waals surface area contributed by atoms with Crippen LogP contribution in [0, 0.1) is 6.92 Å². The van der Waals surface area contributed by atoms with Gasteiger partial charge in [0.05, 0.1) is 16.7 Å². The van der Waals surface area contributed by atoms with Crippen molar-refractivity contribution in [3.05, 3.63) is 30.0 Å². The van der Waals surface area contributed by atoms with Gasteiger partial charge in [0.1, 0.15) is 0 Å². The fourth-order valence-electron chi connectivity index (χ4n) is 1.90. The van der Waals surface area contributed by atoms with Gasteiger partial charge in [-0.3, -0.25) is 0 Å². The molecular formula is C13H16ClN3. The molecule has 0 aliphatic heterocycles. The minimum absolute atomic E-state index is 0.0904. The molecule has 3 nitrogen and oxygen atoms in total. The number of fused-ring (bicyclic) bond motifs is 1.